The first-order chi connectivity index (χ1) is 19.5. The summed E-state index contributed by atoms with van der Waals surface area (Å²) in [5.74, 6) is -3.81. The van der Waals surface area contributed by atoms with E-state index in [2.05, 4.69) is 9.82 Å². The molecule has 0 saturated heterocycles. The van der Waals surface area contributed by atoms with Gasteiger partial charge in [-0.1, -0.05) is 66.7 Å². The third-order valence-electron chi connectivity index (χ3n) is 6.16. The molecule has 0 amide bonds. The Labute approximate surface area is 235 Å². The molecule has 0 radical (unpaired) electrons. The van der Waals surface area contributed by atoms with Crippen LogP contribution in [0.1, 0.15) is 27.0 Å². The first-order valence-electron chi connectivity index (χ1n) is 12.0. The fourth-order valence-corrected chi connectivity index (χ4v) is 6.42. The lowest BCUT2D eigenvalue weighted by molar-refractivity contribution is -0.225. The van der Waals surface area contributed by atoms with E-state index in [4.69, 9.17) is 5.73 Å². The molecule has 5 aromatic rings. The topological polar surface area (TPSA) is 120 Å². The summed E-state index contributed by atoms with van der Waals surface area (Å²) in [5.41, 5.74) is 6.63. The number of nitrogens with two attached hydrogens (primary N) is 1. The Hall–Kier alpha value is -4.17. The highest BCUT2D eigenvalue weighted by Gasteiger charge is 2.48. The number of aromatic nitrogens is 1. The largest absolute Gasteiger partial charge is 0.492 e. The SMILES string of the molecule is NCc1ccc(C(C(=O)c2nc3ccccc3s2)N(OC(=O)C(F)(F)F)S(=O)(=O)c2ccc3ccccc3c2)cc1. The van der Waals surface area contributed by atoms with Crippen LogP contribution in [0.2, 0.25) is 0 Å². The number of nitrogens with zero attached hydrogens (tertiary/aromatic N) is 2. The first kappa shape index (κ1) is 28.4. The fraction of sp³-hybridized carbons (Fsp3) is 0.107. The molecule has 0 spiro atoms. The molecule has 0 saturated carbocycles. The van der Waals surface area contributed by atoms with Gasteiger partial charge in [0.25, 0.3) is 10.0 Å². The number of halogens is 3. The molecule has 0 bridgehead atoms. The van der Waals surface area contributed by atoms with Crippen LogP contribution in [0.25, 0.3) is 21.0 Å². The van der Waals surface area contributed by atoms with E-state index < -0.39 is 38.9 Å². The predicted molar refractivity (Wildman–Crippen MR) is 146 cm³/mol. The zero-order valence-corrected chi connectivity index (χ0v) is 22.5. The van der Waals surface area contributed by atoms with Crippen molar-refractivity contribution in [2.45, 2.75) is 23.7 Å². The number of rotatable bonds is 8. The molecule has 1 heterocycles. The highest BCUT2D eigenvalue weighted by atomic mass is 32.2. The van der Waals surface area contributed by atoms with E-state index in [1.807, 2.05) is 0 Å². The molecular weight excluding hydrogens is 579 g/mol. The van der Waals surface area contributed by atoms with E-state index in [0.717, 1.165) is 17.4 Å². The number of thiazole rings is 1. The molecule has 0 aliphatic heterocycles. The minimum absolute atomic E-state index is 0.0641. The summed E-state index contributed by atoms with van der Waals surface area (Å²) >= 11 is 0.921. The summed E-state index contributed by atoms with van der Waals surface area (Å²) in [6, 6.07) is 20.8. The molecule has 13 heteroatoms. The molecule has 5 rings (SSSR count). The summed E-state index contributed by atoms with van der Waals surface area (Å²) in [6.07, 6.45) is -5.57. The van der Waals surface area contributed by atoms with Crippen LogP contribution in [0.15, 0.2) is 95.9 Å². The maximum atomic E-state index is 14.0. The monoisotopic (exact) mass is 599 g/mol. The Balaban J connectivity index is 1.71. The average molecular weight is 600 g/mol. The summed E-state index contributed by atoms with van der Waals surface area (Å²) in [5, 5.41) is 0.919. The molecule has 0 fully saturated rings. The maximum Gasteiger partial charge on any atom is 0.492 e. The Morgan fingerprint density at radius 2 is 1.59 bits per heavy atom. The summed E-state index contributed by atoms with van der Waals surface area (Å²) in [6.45, 7) is 0.110. The van der Waals surface area contributed by atoms with Crippen molar-refractivity contribution < 1.29 is 36.0 Å². The number of benzene rings is 4. The minimum atomic E-state index is -5.57. The van der Waals surface area contributed by atoms with Gasteiger partial charge in [-0.15, -0.1) is 11.3 Å². The molecule has 1 atom stereocenters. The van der Waals surface area contributed by atoms with Crippen LogP contribution in [0, 0.1) is 0 Å². The molecule has 41 heavy (non-hydrogen) atoms. The Kier molecular flexibility index (Phi) is 7.62. The zero-order chi connectivity index (χ0) is 29.4. The van der Waals surface area contributed by atoms with E-state index in [1.54, 1.807) is 48.5 Å². The van der Waals surface area contributed by atoms with Crippen LogP contribution < -0.4 is 5.73 Å². The van der Waals surface area contributed by atoms with E-state index in [9.17, 15) is 31.2 Å². The quantitative estimate of drug-likeness (QED) is 0.184. The first-order valence-corrected chi connectivity index (χ1v) is 14.3. The van der Waals surface area contributed by atoms with Crippen molar-refractivity contribution in [1.29, 1.82) is 0 Å². The van der Waals surface area contributed by atoms with Gasteiger partial charge in [0.05, 0.1) is 15.1 Å². The number of alkyl halides is 3. The number of sulfonamides is 1. The van der Waals surface area contributed by atoms with Crippen molar-refractivity contribution in [1.82, 2.24) is 9.45 Å². The fourth-order valence-electron chi connectivity index (χ4n) is 4.11. The average Bonchev–Trinajstić information content (AvgIpc) is 3.41. The third kappa shape index (κ3) is 5.70. The van der Waals surface area contributed by atoms with E-state index in [1.165, 1.54) is 36.4 Å². The van der Waals surface area contributed by atoms with Crippen LogP contribution in [-0.2, 0) is 26.2 Å². The number of para-hydroxylation sites is 1. The minimum Gasteiger partial charge on any atom is -0.344 e. The van der Waals surface area contributed by atoms with Crippen molar-refractivity contribution in [2.75, 3.05) is 0 Å². The molecule has 0 aliphatic rings. The molecule has 2 N–H and O–H groups in total. The van der Waals surface area contributed by atoms with Crippen molar-refractivity contribution in [3.05, 3.63) is 107 Å². The van der Waals surface area contributed by atoms with Gasteiger partial charge < -0.3 is 10.6 Å². The van der Waals surface area contributed by atoms with Crippen molar-refractivity contribution in [3.63, 3.8) is 0 Å². The molecule has 1 aromatic heterocycles. The van der Waals surface area contributed by atoms with Crippen LogP contribution in [0.5, 0.6) is 0 Å². The Bertz CT molecular complexity index is 1840. The number of fused-ring (bicyclic) bond motifs is 2. The van der Waals surface area contributed by atoms with E-state index >= 15 is 0 Å². The van der Waals surface area contributed by atoms with Gasteiger partial charge in [0.15, 0.2) is 11.0 Å². The number of hydrogen-bond donors (Lipinski definition) is 1. The van der Waals surface area contributed by atoms with Crippen LogP contribution in [-0.4, -0.2) is 35.8 Å². The van der Waals surface area contributed by atoms with Crippen LogP contribution in [0.4, 0.5) is 13.2 Å². The van der Waals surface area contributed by atoms with E-state index in [0.29, 0.717) is 26.6 Å². The molecule has 4 aromatic carbocycles. The molecule has 8 nitrogen and oxygen atoms in total. The molecule has 1 unspecified atom stereocenters. The summed E-state index contributed by atoms with van der Waals surface area (Å²) in [4.78, 5) is 34.4. The highest BCUT2D eigenvalue weighted by Crippen LogP contribution is 2.36. The molecular formula is C28H20F3N3O5S2. The van der Waals surface area contributed by atoms with Gasteiger partial charge in [-0.25, -0.2) is 18.2 Å². The van der Waals surface area contributed by atoms with Gasteiger partial charge in [-0.3, -0.25) is 4.79 Å². The lowest BCUT2D eigenvalue weighted by Gasteiger charge is -2.28. The van der Waals surface area contributed by atoms with Crippen LogP contribution in [0.3, 0.4) is 0 Å². The number of carbonyl (C=O) groups excluding carboxylic acids is 2. The highest BCUT2D eigenvalue weighted by molar-refractivity contribution is 7.89. The zero-order valence-electron chi connectivity index (χ0n) is 20.9. The lowest BCUT2D eigenvalue weighted by Crippen LogP contribution is -2.43. The Morgan fingerprint density at radius 3 is 2.24 bits per heavy atom. The smallest absolute Gasteiger partial charge is 0.344 e. The number of hydroxylamine groups is 1. The van der Waals surface area contributed by atoms with E-state index in [-0.39, 0.29) is 21.6 Å². The molecule has 210 valence electrons. The lowest BCUT2D eigenvalue weighted by atomic mass is 10.0. The maximum absolute atomic E-state index is 14.0. The summed E-state index contributed by atoms with van der Waals surface area (Å²) < 4.78 is 68.7. The predicted octanol–water partition coefficient (Wildman–Crippen LogP) is 5.54. The van der Waals surface area contributed by atoms with Gasteiger partial charge in [0.2, 0.25) is 5.78 Å². The second-order valence-electron chi connectivity index (χ2n) is 8.85. The third-order valence-corrected chi connectivity index (χ3v) is 8.81. The van der Waals surface area contributed by atoms with Gasteiger partial charge >= 0.3 is 12.1 Å². The van der Waals surface area contributed by atoms with Gasteiger partial charge in [0, 0.05) is 6.54 Å². The normalized spacial score (nSPS) is 13.0. The van der Waals surface area contributed by atoms with Gasteiger partial charge in [-0.05, 0) is 50.6 Å². The molecule has 0 aliphatic carbocycles. The number of ketones is 1. The van der Waals surface area contributed by atoms with Crippen molar-refractivity contribution in [3.8, 4) is 0 Å². The van der Waals surface area contributed by atoms with Crippen molar-refractivity contribution >= 4 is 54.1 Å². The van der Waals surface area contributed by atoms with Crippen molar-refractivity contribution in [2.24, 2.45) is 5.73 Å². The van der Waals surface area contributed by atoms with Gasteiger partial charge in [-0.2, -0.15) is 13.2 Å². The second kappa shape index (κ2) is 11.0. The second-order valence-corrected chi connectivity index (χ2v) is 11.7. The number of hydrogen-bond acceptors (Lipinski definition) is 8. The summed E-state index contributed by atoms with van der Waals surface area (Å²) in [7, 11) is -5.07. The number of carbonyl (C=O) groups is 2. The Morgan fingerprint density at radius 1 is 0.927 bits per heavy atom. The standard InChI is InChI=1S/C28H20F3N3O5S2/c29-28(30,31)27(36)39-34(41(37,38)21-14-13-18-5-1-2-6-20(18)15-21)24(19-11-9-17(16-32)10-12-19)25(35)26-33-22-7-3-4-8-23(22)40-26/h1-15,24H,16,32H2. The van der Waals surface area contributed by atoms with Crippen LogP contribution >= 0.6 is 11.3 Å². The number of Topliss-reactive ketones (excluding diaryl/α,β-unsaturated/α-hetero) is 1. The van der Waals surface area contributed by atoms with Gasteiger partial charge in [0.1, 0.15) is 0 Å².